The van der Waals surface area contributed by atoms with Gasteiger partial charge in [-0.05, 0) is 49.5 Å². The third-order valence-electron chi connectivity index (χ3n) is 5.49. The average molecular weight is 383 g/mol. The van der Waals surface area contributed by atoms with E-state index in [1.165, 1.54) is 5.56 Å². The summed E-state index contributed by atoms with van der Waals surface area (Å²) in [5.74, 6) is -0.249. The fourth-order valence-electron chi connectivity index (χ4n) is 3.83. The number of hydrogen-bond donors (Lipinski definition) is 2. The summed E-state index contributed by atoms with van der Waals surface area (Å²) >= 11 is 0. The molecule has 1 amide bonds. The van der Waals surface area contributed by atoms with Gasteiger partial charge in [0.2, 0.25) is 5.91 Å². The number of likely N-dealkylation sites (tertiary alicyclic amines) is 1. The van der Waals surface area contributed by atoms with Gasteiger partial charge in [-0.15, -0.1) is 0 Å². The summed E-state index contributed by atoms with van der Waals surface area (Å²) in [5.41, 5.74) is 8.75. The van der Waals surface area contributed by atoms with Crippen molar-refractivity contribution < 1.29 is 14.6 Å². The zero-order valence-electron chi connectivity index (χ0n) is 16.5. The molecular formula is C23H30N2O3. The first-order valence-electron chi connectivity index (χ1n) is 9.96. The number of primary amides is 1. The molecule has 5 nitrogen and oxygen atoms in total. The number of nitrogens with two attached hydrogens (primary N) is 1. The van der Waals surface area contributed by atoms with E-state index in [0.717, 1.165) is 37.1 Å². The molecule has 150 valence electrons. The second kappa shape index (κ2) is 9.82. The zero-order valence-corrected chi connectivity index (χ0v) is 16.5. The van der Waals surface area contributed by atoms with Crippen molar-refractivity contribution in [3.05, 3.63) is 71.3 Å². The molecule has 1 fully saturated rings. The van der Waals surface area contributed by atoms with Crippen molar-refractivity contribution in [3.8, 4) is 0 Å². The Bertz CT molecular complexity index is 757. The second-order valence-corrected chi connectivity index (χ2v) is 7.61. The van der Waals surface area contributed by atoms with Crippen LogP contribution in [-0.4, -0.2) is 48.3 Å². The lowest BCUT2D eigenvalue weighted by Gasteiger charge is -2.32. The standard InChI is InChI=1S/C23H30N2O3/c1-17-7-5-6-10-21(17)22(18-8-3-2-4-9-18)28-16-20(26)15-25-13-11-19(12-14-25)23(24)27/h2-10,19-20,22,26H,11-16H2,1H3,(H2,24,27)/t20-,22-/m1/s1. The highest BCUT2D eigenvalue weighted by Crippen LogP contribution is 2.28. The quantitative estimate of drug-likeness (QED) is 0.736. The molecule has 0 aromatic heterocycles. The topological polar surface area (TPSA) is 75.8 Å². The molecule has 1 aliphatic heterocycles. The zero-order chi connectivity index (χ0) is 19.9. The van der Waals surface area contributed by atoms with Gasteiger partial charge in [0.05, 0.1) is 12.7 Å². The van der Waals surface area contributed by atoms with E-state index < -0.39 is 6.10 Å². The molecule has 0 radical (unpaired) electrons. The van der Waals surface area contributed by atoms with E-state index in [9.17, 15) is 9.90 Å². The summed E-state index contributed by atoms with van der Waals surface area (Å²) < 4.78 is 6.21. The number of carbonyl (C=O) groups excluding carboxylic acids is 1. The Morgan fingerprint density at radius 2 is 1.79 bits per heavy atom. The highest BCUT2D eigenvalue weighted by atomic mass is 16.5. The van der Waals surface area contributed by atoms with E-state index >= 15 is 0 Å². The van der Waals surface area contributed by atoms with Crippen LogP contribution in [0.3, 0.4) is 0 Å². The van der Waals surface area contributed by atoms with Crippen LogP contribution in [0.25, 0.3) is 0 Å². The van der Waals surface area contributed by atoms with Gasteiger partial charge in [0.1, 0.15) is 6.10 Å². The van der Waals surface area contributed by atoms with Gasteiger partial charge < -0.3 is 20.5 Å². The normalized spacial score (nSPS) is 17.9. The predicted molar refractivity (Wildman–Crippen MR) is 110 cm³/mol. The maximum absolute atomic E-state index is 11.3. The van der Waals surface area contributed by atoms with Gasteiger partial charge in [-0.1, -0.05) is 54.6 Å². The van der Waals surface area contributed by atoms with Gasteiger partial charge in [-0.2, -0.15) is 0 Å². The van der Waals surface area contributed by atoms with Crippen molar-refractivity contribution in [1.29, 1.82) is 0 Å². The van der Waals surface area contributed by atoms with Crippen molar-refractivity contribution in [1.82, 2.24) is 4.90 Å². The molecule has 5 heteroatoms. The van der Waals surface area contributed by atoms with Gasteiger partial charge in [-0.3, -0.25) is 4.79 Å². The smallest absolute Gasteiger partial charge is 0.220 e. The highest BCUT2D eigenvalue weighted by Gasteiger charge is 2.25. The number of aliphatic hydroxyl groups is 1. The molecule has 0 spiro atoms. The van der Waals surface area contributed by atoms with Crippen molar-refractivity contribution in [3.63, 3.8) is 0 Å². The summed E-state index contributed by atoms with van der Waals surface area (Å²) in [7, 11) is 0. The van der Waals surface area contributed by atoms with Gasteiger partial charge >= 0.3 is 0 Å². The summed E-state index contributed by atoms with van der Waals surface area (Å²) in [5, 5.41) is 10.5. The molecule has 0 bridgehead atoms. The number of aryl methyl sites for hydroxylation is 1. The minimum atomic E-state index is -0.583. The molecule has 0 unspecified atom stereocenters. The van der Waals surface area contributed by atoms with Crippen molar-refractivity contribution in [2.24, 2.45) is 11.7 Å². The Morgan fingerprint density at radius 3 is 2.43 bits per heavy atom. The number of piperidine rings is 1. The second-order valence-electron chi connectivity index (χ2n) is 7.61. The van der Waals surface area contributed by atoms with Crippen LogP contribution in [0.1, 0.15) is 35.6 Å². The number of rotatable bonds is 8. The lowest BCUT2D eigenvalue weighted by molar-refractivity contribution is -0.123. The fraction of sp³-hybridized carbons (Fsp3) is 0.435. The van der Waals surface area contributed by atoms with Gasteiger partial charge in [0.15, 0.2) is 0 Å². The Balaban J connectivity index is 1.59. The van der Waals surface area contributed by atoms with E-state index in [1.54, 1.807) is 0 Å². The van der Waals surface area contributed by atoms with E-state index in [4.69, 9.17) is 10.5 Å². The average Bonchev–Trinajstić information content (AvgIpc) is 2.70. The van der Waals surface area contributed by atoms with E-state index in [-0.39, 0.29) is 24.5 Å². The molecule has 1 aliphatic rings. The Labute approximate surface area is 167 Å². The lowest BCUT2D eigenvalue weighted by atomic mass is 9.96. The van der Waals surface area contributed by atoms with Crippen LogP contribution < -0.4 is 5.73 Å². The van der Waals surface area contributed by atoms with Crippen LogP contribution in [0.15, 0.2) is 54.6 Å². The Hall–Kier alpha value is -2.21. The number of ether oxygens (including phenoxy) is 1. The Kier molecular flexibility index (Phi) is 7.20. The third kappa shape index (κ3) is 5.41. The number of carbonyl (C=O) groups is 1. The molecule has 2 aromatic rings. The van der Waals surface area contributed by atoms with Crippen LogP contribution in [0, 0.1) is 12.8 Å². The molecule has 1 heterocycles. The predicted octanol–water partition coefficient (Wildman–Crippen LogP) is 2.66. The lowest BCUT2D eigenvalue weighted by Crippen LogP contribution is -2.42. The van der Waals surface area contributed by atoms with Gasteiger partial charge in [0, 0.05) is 12.5 Å². The summed E-state index contributed by atoms with van der Waals surface area (Å²) in [4.78, 5) is 13.5. The van der Waals surface area contributed by atoms with E-state index in [2.05, 4.69) is 36.1 Å². The fourth-order valence-corrected chi connectivity index (χ4v) is 3.83. The number of nitrogens with zero attached hydrogens (tertiary/aromatic N) is 1. The van der Waals surface area contributed by atoms with Crippen LogP contribution in [-0.2, 0) is 9.53 Å². The number of hydrogen-bond acceptors (Lipinski definition) is 4. The summed E-state index contributed by atoms with van der Waals surface area (Å²) in [6.07, 6.45) is 0.732. The van der Waals surface area contributed by atoms with Crippen molar-refractivity contribution >= 4 is 5.91 Å². The first-order valence-corrected chi connectivity index (χ1v) is 9.96. The van der Waals surface area contributed by atoms with E-state index in [0.29, 0.717) is 6.54 Å². The van der Waals surface area contributed by atoms with Crippen LogP contribution in [0.4, 0.5) is 0 Å². The molecule has 3 rings (SSSR count). The maximum Gasteiger partial charge on any atom is 0.220 e. The van der Waals surface area contributed by atoms with Crippen LogP contribution >= 0.6 is 0 Å². The highest BCUT2D eigenvalue weighted by molar-refractivity contribution is 5.76. The Morgan fingerprint density at radius 1 is 1.14 bits per heavy atom. The van der Waals surface area contributed by atoms with Crippen LogP contribution in [0.5, 0.6) is 0 Å². The number of β-amino-alcohol motifs (C(OH)–C–C–N with tert-alkyl or cyclic N) is 1. The molecule has 0 saturated carbocycles. The molecule has 3 N–H and O–H groups in total. The maximum atomic E-state index is 11.3. The molecule has 0 aliphatic carbocycles. The first kappa shape index (κ1) is 20.5. The molecule has 2 atom stereocenters. The third-order valence-corrected chi connectivity index (χ3v) is 5.49. The largest absolute Gasteiger partial charge is 0.389 e. The van der Waals surface area contributed by atoms with E-state index in [1.807, 2.05) is 30.3 Å². The first-order chi connectivity index (χ1) is 13.5. The SMILES string of the molecule is Cc1ccccc1[C@H](OC[C@H](O)CN1CCC(C(N)=O)CC1)c1ccccc1. The number of aliphatic hydroxyl groups excluding tert-OH is 1. The number of benzene rings is 2. The van der Waals surface area contributed by atoms with Crippen molar-refractivity contribution in [2.45, 2.75) is 32.0 Å². The minimum absolute atomic E-state index is 0.0341. The molecule has 2 aromatic carbocycles. The molecule has 28 heavy (non-hydrogen) atoms. The summed E-state index contributed by atoms with van der Waals surface area (Å²) in [6.45, 7) is 4.44. The van der Waals surface area contributed by atoms with Crippen molar-refractivity contribution in [2.75, 3.05) is 26.2 Å². The van der Waals surface area contributed by atoms with Crippen LogP contribution in [0.2, 0.25) is 0 Å². The molecular weight excluding hydrogens is 352 g/mol. The summed E-state index contributed by atoms with van der Waals surface area (Å²) in [6, 6.07) is 18.3. The molecule has 1 saturated heterocycles. The monoisotopic (exact) mass is 382 g/mol. The van der Waals surface area contributed by atoms with Gasteiger partial charge in [-0.25, -0.2) is 0 Å². The van der Waals surface area contributed by atoms with Gasteiger partial charge in [0.25, 0.3) is 0 Å². The minimum Gasteiger partial charge on any atom is -0.389 e. The number of amides is 1.